The number of nitrogens with zero attached hydrogens (tertiary/aromatic N) is 2. The number of aryl methyl sites for hydroxylation is 1. The molecule has 1 aromatic heterocycles. The van der Waals surface area contributed by atoms with Crippen molar-refractivity contribution in [3.05, 3.63) is 53.3 Å². The van der Waals surface area contributed by atoms with Gasteiger partial charge in [-0.1, -0.05) is 28.9 Å². The third-order valence-electron chi connectivity index (χ3n) is 5.41. The fraction of sp³-hybridized carbons (Fsp3) is 0.316. The Kier molecular flexibility index (Phi) is 3.47. The summed E-state index contributed by atoms with van der Waals surface area (Å²) in [5, 5.41) is 7.39. The molecule has 5 rings (SSSR count). The van der Waals surface area contributed by atoms with E-state index in [-0.39, 0.29) is 11.8 Å². The second-order valence-electron chi connectivity index (χ2n) is 7.12. The number of nitrogens with one attached hydrogen (secondary N) is 1. The largest absolute Gasteiger partial charge is 0.360 e. The second kappa shape index (κ2) is 5.68. The highest BCUT2D eigenvalue weighted by molar-refractivity contribution is 6.30. The van der Waals surface area contributed by atoms with Gasteiger partial charge in [0.1, 0.15) is 11.4 Å². The molecule has 2 saturated heterocycles. The van der Waals surface area contributed by atoms with Crippen molar-refractivity contribution in [3.8, 4) is 0 Å². The first-order chi connectivity index (χ1) is 13.0. The number of carbonyl (C=O) groups excluding carboxylic acids is 2. The summed E-state index contributed by atoms with van der Waals surface area (Å²) in [6.45, 7) is 2.08. The SMILES string of the molecule is Cc1cc(N2C[C@@]34C=C[C@@H](O3)[C@H](C(=O)Nc3ccc(Cl)cc3)[C@H]4C2=O)no1. The summed E-state index contributed by atoms with van der Waals surface area (Å²) in [5.41, 5.74) is -0.170. The first-order valence-corrected chi connectivity index (χ1v) is 9.03. The van der Waals surface area contributed by atoms with Crippen LogP contribution in [0.15, 0.2) is 47.0 Å². The predicted molar refractivity (Wildman–Crippen MR) is 97.4 cm³/mol. The van der Waals surface area contributed by atoms with Gasteiger partial charge in [-0.2, -0.15) is 0 Å². The summed E-state index contributed by atoms with van der Waals surface area (Å²) in [5.74, 6) is -0.548. The van der Waals surface area contributed by atoms with Crippen LogP contribution in [-0.4, -0.2) is 35.2 Å². The Balaban J connectivity index is 1.43. The molecule has 3 aliphatic rings. The highest BCUT2D eigenvalue weighted by Crippen LogP contribution is 2.52. The minimum Gasteiger partial charge on any atom is -0.360 e. The Morgan fingerprint density at radius 1 is 1.37 bits per heavy atom. The fourth-order valence-electron chi connectivity index (χ4n) is 4.23. The maximum absolute atomic E-state index is 13.1. The van der Waals surface area contributed by atoms with Crippen molar-refractivity contribution in [3.63, 3.8) is 0 Å². The van der Waals surface area contributed by atoms with Gasteiger partial charge in [-0.15, -0.1) is 0 Å². The average Bonchev–Trinajstić information content (AvgIpc) is 3.38. The first-order valence-electron chi connectivity index (χ1n) is 8.65. The van der Waals surface area contributed by atoms with Crippen LogP contribution in [0.25, 0.3) is 0 Å². The quantitative estimate of drug-likeness (QED) is 0.821. The molecular weight excluding hydrogens is 370 g/mol. The second-order valence-corrected chi connectivity index (χ2v) is 7.55. The molecule has 7 nitrogen and oxygen atoms in total. The van der Waals surface area contributed by atoms with Crippen molar-refractivity contribution in [1.82, 2.24) is 5.16 Å². The Morgan fingerprint density at radius 3 is 2.85 bits per heavy atom. The van der Waals surface area contributed by atoms with Crippen molar-refractivity contribution in [1.29, 1.82) is 0 Å². The van der Waals surface area contributed by atoms with Gasteiger partial charge in [-0.25, -0.2) is 0 Å². The third-order valence-corrected chi connectivity index (χ3v) is 5.66. The zero-order valence-electron chi connectivity index (χ0n) is 14.4. The lowest BCUT2D eigenvalue weighted by Gasteiger charge is -2.23. The smallest absolute Gasteiger partial charge is 0.235 e. The molecule has 27 heavy (non-hydrogen) atoms. The van der Waals surface area contributed by atoms with Crippen molar-refractivity contribution >= 4 is 34.9 Å². The van der Waals surface area contributed by atoms with Crippen LogP contribution < -0.4 is 10.2 Å². The maximum atomic E-state index is 13.1. The van der Waals surface area contributed by atoms with Gasteiger partial charge in [0.05, 0.1) is 24.5 Å². The fourth-order valence-corrected chi connectivity index (χ4v) is 4.36. The molecule has 2 amide bonds. The molecule has 0 radical (unpaired) electrons. The van der Waals surface area contributed by atoms with Gasteiger partial charge < -0.3 is 14.6 Å². The number of hydrogen-bond donors (Lipinski definition) is 1. The highest BCUT2D eigenvalue weighted by Gasteiger charge is 2.67. The summed E-state index contributed by atoms with van der Waals surface area (Å²) in [7, 11) is 0. The Bertz CT molecular complexity index is 970. The topological polar surface area (TPSA) is 84.7 Å². The molecule has 2 aromatic rings. The van der Waals surface area contributed by atoms with Crippen molar-refractivity contribution in [2.24, 2.45) is 11.8 Å². The van der Waals surface area contributed by atoms with E-state index >= 15 is 0 Å². The zero-order valence-corrected chi connectivity index (χ0v) is 15.1. The average molecular weight is 386 g/mol. The van der Waals surface area contributed by atoms with Crippen molar-refractivity contribution in [2.75, 3.05) is 16.8 Å². The molecular formula is C19H16ClN3O4. The molecule has 1 spiro atoms. The first kappa shape index (κ1) is 16.5. The Morgan fingerprint density at radius 2 is 2.15 bits per heavy atom. The van der Waals surface area contributed by atoms with Gasteiger partial charge in [0.2, 0.25) is 11.8 Å². The molecule has 4 atom stereocenters. The maximum Gasteiger partial charge on any atom is 0.235 e. The van der Waals surface area contributed by atoms with Crippen LogP contribution in [0.1, 0.15) is 5.76 Å². The van der Waals surface area contributed by atoms with Gasteiger partial charge in [-0.05, 0) is 31.2 Å². The summed E-state index contributed by atoms with van der Waals surface area (Å²) < 4.78 is 11.2. The normalized spacial score (nSPS) is 30.8. The predicted octanol–water partition coefficient (Wildman–Crippen LogP) is 2.56. The van der Waals surface area contributed by atoms with Gasteiger partial charge in [0.25, 0.3) is 0 Å². The van der Waals surface area contributed by atoms with Crippen LogP contribution in [0, 0.1) is 18.8 Å². The number of carbonyl (C=O) groups is 2. The van der Waals surface area contributed by atoms with Gasteiger partial charge in [0.15, 0.2) is 5.82 Å². The number of ether oxygens (including phenoxy) is 1. The number of anilines is 2. The van der Waals surface area contributed by atoms with Crippen LogP contribution in [0.2, 0.25) is 5.02 Å². The van der Waals surface area contributed by atoms with Crippen LogP contribution in [0.4, 0.5) is 11.5 Å². The van der Waals surface area contributed by atoms with E-state index in [1.54, 1.807) is 37.3 Å². The molecule has 4 heterocycles. The van der Waals surface area contributed by atoms with E-state index in [4.69, 9.17) is 20.9 Å². The van der Waals surface area contributed by atoms with E-state index in [2.05, 4.69) is 10.5 Å². The number of amides is 2. The number of aromatic nitrogens is 1. The van der Waals surface area contributed by atoms with Gasteiger partial charge in [0, 0.05) is 16.8 Å². The summed E-state index contributed by atoms with van der Waals surface area (Å²) in [4.78, 5) is 27.6. The standard InChI is InChI=1S/C19H16ClN3O4/c1-10-8-14(22-27-10)23-9-19-7-6-13(26-19)15(16(19)18(23)25)17(24)21-12-4-2-11(20)3-5-12/h2-8,13,15-16H,9H2,1H3,(H,21,24)/t13-,15+,16+,19-/m1/s1. The zero-order chi connectivity index (χ0) is 18.8. The number of benzene rings is 1. The minimum atomic E-state index is -0.795. The molecule has 1 aromatic carbocycles. The van der Waals surface area contributed by atoms with Gasteiger partial charge in [-0.3, -0.25) is 14.5 Å². The number of rotatable bonds is 3. The van der Waals surface area contributed by atoms with Crippen LogP contribution in [0.3, 0.4) is 0 Å². The van der Waals surface area contributed by atoms with Crippen LogP contribution in [-0.2, 0) is 14.3 Å². The van der Waals surface area contributed by atoms with Crippen LogP contribution >= 0.6 is 11.6 Å². The molecule has 0 saturated carbocycles. The Hall–Kier alpha value is -2.64. The monoisotopic (exact) mass is 385 g/mol. The van der Waals surface area contributed by atoms with E-state index in [9.17, 15) is 9.59 Å². The van der Waals surface area contributed by atoms with Crippen molar-refractivity contribution < 1.29 is 18.8 Å². The van der Waals surface area contributed by atoms with E-state index in [1.165, 1.54) is 4.90 Å². The lowest BCUT2D eigenvalue weighted by Crippen LogP contribution is -2.41. The summed E-state index contributed by atoms with van der Waals surface area (Å²) >= 11 is 5.89. The number of halogens is 1. The Labute approximate surface area is 159 Å². The van der Waals surface area contributed by atoms with E-state index in [0.717, 1.165) is 0 Å². The molecule has 3 aliphatic heterocycles. The minimum absolute atomic E-state index is 0.175. The van der Waals surface area contributed by atoms with Crippen molar-refractivity contribution in [2.45, 2.75) is 18.6 Å². The molecule has 1 N–H and O–H groups in total. The lowest BCUT2D eigenvalue weighted by molar-refractivity contribution is -0.128. The third kappa shape index (κ3) is 2.42. The molecule has 0 unspecified atom stereocenters. The number of hydrogen-bond acceptors (Lipinski definition) is 5. The molecule has 8 heteroatoms. The van der Waals surface area contributed by atoms with Crippen LogP contribution in [0.5, 0.6) is 0 Å². The van der Waals surface area contributed by atoms with E-state index in [0.29, 0.717) is 28.8 Å². The van der Waals surface area contributed by atoms with E-state index < -0.39 is 23.5 Å². The van der Waals surface area contributed by atoms with Gasteiger partial charge >= 0.3 is 0 Å². The summed E-state index contributed by atoms with van der Waals surface area (Å²) in [6, 6.07) is 8.55. The molecule has 2 bridgehead atoms. The van der Waals surface area contributed by atoms with E-state index in [1.807, 2.05) is 12.2 Å². The number of fused-ring (bicyclic) bond motifs is 1. The molecule has 0 aliphatic carbocycles. The summed E-state index contributed by atoms with van der Waals surface area (Å²) in [6.07, 6.45) is 3.36. The lowest BCUT2D eigenvalue weighted by atomic mass is 9.77. The highest BCUT2D eigenvalue weighted by atomic mass is 35.5. The molecule has 138 valence electrons. The molecule has 2 fully saturated rings.